The number of nitrogen functional groups attached to an aromatic ring is 1. The Hall–Kier alpha value is -4.13. The van der Waals surface area contributed by atoms with E-state index in [-0.39, 0.29) is 43.6 Å². The Morgan fingerprint density at radius 1 is 1.02 bits per heavy atom. The molecule has 3 heterocycles. The molecule has 2 aliphatic heterocycles. The molecular formula is C28H28FN5O5S. The van der Waals surface area contributed by atoms with E-state index in [4.69, 9.17) is 20.6 Å². The molecule has 2 fully saturated rings. The average Bonchev–Trinajstić information content (AvgIpc) is 3.71. The molecule has 0 aliphatic carbocycles. The van der Waals surface area contributed by atoms with Crippen molar-refractivity contribution in [1.82, 2.24) is 15.5 Å². The molecule has 12 heteroatoms. The fourth-order valence-electron chi connectivity index (χ4n) is 4.76. The van der Waals surface area contributed by atoms with Crippen LogP contribution in [0.4, 0.5) is 4.39 Å². The van der Waals surface area contributed by atoms with E-state index in [9.17, 15) is 18.8 Å². The van der Waals surface area contributed by atoms with Crippen molar-refractivity contribution in [2.45, 2.75) is 24.8 Å². The first-order valence-electron chi connectivity index (χ1n) is 12.6. The Labute approximate surface area is 233 Å². The summed E-state index contributed by atoms with van der Waals surface area (Å²) < 4.78 is 24.7. The SMILES string of the molecule is N=C(N)c1csc(CNC(=O)[C@@H]2CC3(CN2C(=O)CNC(=O)c2ccc(-c4ccc(F)cc4)cc2)OCCO3)c1. The Kier molecular flexibility index (Phi) is 7.92. The number of amides is 3. The maximum Gasteiger partial charge on any atom is 0.251 e. The summed E-state index contributed by atoms with van der Waals surface area (Å²) in [5.74, 6) is -2.69. The third-order valence-corrected chi connectivity index (χ3v) is 7.79. The number of ether oxygens (including phenoxy) is 2. The Morgan fingerprint density at radius 3 is 2.30 bits per heavy atom. The predicted octanol–water partition coefficient (Wildman–Crippen LogP) is 2.23. The lowest BCUT2D eigenvalue weighted by molar-refractivity contribution is -0.152. The number of thiophene rings is 1. The normalized spacial score (nSPS) is 17.6. The van der Waals surface area contributed by atoms with Gasteiger partial charge in [0.25, 0.3) is 5.91 Å². The molecule has 1 spiro atoms. The van der Waals surface area contributed by atoms with Crippen LogP contribution in [0.2, 0.25) is 0 Å². The van der Waals surface area contributed by atoms with Gasteiger partial charge in [-0.15, -0.1) is 11.3 Å². The van der Waals surface area contributed by atoms with E-state index in [2.05, 4.69) is 10.6 Å². The summed E-state index contributed by atoms with van der Waals surface area (Å²) in [5.41, 5.74) is 8.08. The third kappa shape index (κ3) is 6.03. The smallest absolute Gasteiger partial charge is 0.251 e. The number of likely N-dealkylation sites (tertiary alicyclic amines) is 1. The molecule has 208 valence electrons. The Bertz CT molecular complexity index is 1420. The molecule has 3 aromatic rings. The van der Waals surface area contributed by atoms with Crippen molar-refractivity contribution in [3.63, 3.8) is 0 Å². The second-order valence-corrected chi connectivity index (χ2v) is 10.5. The van der Waals surface area contributed by atoms with Crippen LogP contribution in [0, 0.1) is 11.2 Å². The van der Waals surface area contributed by atoms with Crippen LogP contribution in [-0.2, 0) is 25.6 Å². The maximum absolute atomic E-state index is 13.2. The minimum atomic E-state index is -1.05. The second kappa shape index (κ2) is 11.5. The predicted molar refractivity (Wildman–Crippen MR) is 146 cm³/mol. The summed E-state index contributed by atoms with van der Waals surface area (Å²) in [6.07, 6.45) is 0.173. The molecule has 5 rings (SSSR count). The third-order valence-electron chi connectivity index (χ3n) is 6.85. The van der Waals surface area contributed by atoms with Gasteiger partial charge in [-0.1, -0.05) is 24.3 Å². The Balaban J connectivity index is 1.20. The largest absolute Gasteiger partial charge is 0.384 e. The molecule has 0 unspecified atom stereocenters. The maximum atomic E-state index is 13.2. The van der Waals surface area contributed by atoms with E-state index < -0.39 is 23.6 Å². The quantitative estimate of drug-likeness (QED) is 0.243. The molecule has 10 nitrogen and oxygen atoms in total. The summed E-state index contributed by atoms with van der Waals surface area (Å²) in [6.45, 7) is 0.702. The van der Waals surface area contributed by atoms with Crippen LogP contribution >= 0.6 is 11.3 Å². The van der Waals surface area contributed by atoms with E-state index in [1.165, 1.54) is 28.4 Å². The lowest BCUT2D eigenvalue weighted by atomic mass is 10.0. The monoisotopic (exact) mass is 565 g/mol. The second-order valence-electron chi connectivity index (χ2n) is 9.55. The fraction of sp³-hybridized carbons (Fsp3) is 0.286. The van der Waals surface area contributed by atoms with Gasteiger partial charge in [0, 0.05) is 27.8 Å². The van der Waals surface area contributed by atoms with Gasteiger partial charge < -0.3 is 30.7 Å². The topological polar surface area (TPSA) is 147 Å². The number of benzene rings is 2. The van der Waals surface area contributed by atoms with Crippen molar-refractivity contribution in [1.29, 1.82) is 5.41 Å². The number of rotatable bonds is 8. The molecule has 2 aromatic carbocycles. The molecule has 40 heavy (non-hydrogen) atoms. The number of hydrogen-bond acceptors (Lipinski definition) is 7. The Morgan fingerprint density at radius 2 is 1.68 bits per heavy atom. The van der Waals surface area contributed by atoms with Gasteiger partial charge in [0.2, 0.25) is 11.8 Å². The van der Waals surface area contributed by atoms with Crippen LogP contribution in [-0.4, -0.2) is 66.6 Å². The standard InChI is InChI=1S/C28H28FN5O5S/c29-21-7-5-18(6-8-21)17-1-3-19(4-2-17)26(36)33-14-24(35)34-16-28(38-9-10-39-28)12-23(34)27(37)32-13-22-11-20(15-40-22)25(30)31/h1-8,11,15,23H,9-10,12-14,16H2,(H3,30,31)(H,32,37)(H,33,36)/t23-/m0/s1. The van der Waals surface area contributed by atoms with E-state index in [0.717, 1.165) is 16.0 Å². The summed E-state index contributed by atoms with van der Waals surface area (Å²) >= 11 is 1.37. The molecule has 2 aliphatic rings. The zero-order chi connectivity index (χ0) is 28.3. The van der Waals surface area contributed by atoms with Crippen molar-refractivity contribution in [3.8, 4) is 11.1 Å². The van der Waals surface area contributed by atoms with Gasteiger partial charge in [0.05, 0.1) is 32.8 Å². The molecule has 1 aromatic heterocycles. The van der Waals surface area contributed by atoms with E-state index in [0.29, 0.717) is 24.3 Å². The zero-order valence-corrected chi connectivity index (χ0v) is 22.3. The van der Waals surface area contributed by atoms with Crippen molar-refractivity contribution in [3.05, 3.63) is 81.8 Å². The number of hydrogen-bond donors (Lipinski definition) is 4. The van der Waals surface area contributed by atoms with E-state index in [1.807, 2.05) is 0 Å². The highest BCUT2D eigenvalue weighted by atomic mass is 32.1. The van der Waals surface area contributed by atoms with Crippen LogP contribution in [0.5, 0.6) is 0 Å². The molecule has 1 atom stereocenters. The van der Waals surface area contributed by atoms with Gasteiger partial charge in [-0.3, -0.25) is 19.8 Å². The van der Waals surface area contributed by atoms with E-state index >= 15 is 0 Å². The molecule has 0 bridgehead atoms. The van der Waals surface area contributed by atoms with Gasteiger partial charge in [-0.25, -0.2) is 4.39 Å². The highest BCUT2D eigenvalue weighted by molar-refractivity contribution is 7.10. The van der Waals surface area contributed by atoms with Gasteiger partial charge in [-0.05, 0) is 41.5 Å². The molecule has 3 amide bonds. The lowest BCUT2D eigenvalue weighted by Crippen LogP contribution is -2.49. The van der Waals surface area contributed by atoms with Gasteiger partial charge in [-0.2, -0.15) is 0 Å². The van der Waals surface area contributed by atoms with Crippen molar-refractivity contribution >= 4 is 34.9 Å². The number of carbonyl (C=O) groups excluding carboxylic acids is 3. The van der Waals surface area contributed by atoms with Crippen LogP contribution in [0.1, 0.15) is 27.2 Å². The summed E-state index contributed by atoms with van der Waals surface area (Å²) in [6, 6.07) is 13.7. The van der Waals surface area contributed by atoms with Crippen LogP contribution < -0.4 is 16.4 Å². The molecular weight excluding hydrogens is 537 g/mol. The summed E-state index contributed by atoms with van der Waals surface area (Å²) in [7, 11) is 0. The average molecular weight is 566 g/mol. The minimum Gasteiger partial charge on any atom is -0.384 e. The molecule has 0 radical (unpaired) electrons. The van der Waals surface area contributed by atoms with Crippen molar-refractivity contribution < 1.29 is 28.2 Å². The van der Waals surface area contributed by atoms with Gasteiger partial charge in [0.1, 0.15) is 17.7 Å². The number of carbonyl (C=O) groups is 3. The van der Waals surface area contributed by atoms with Crippen molar-refractivity contribution in [2.24, 2.45) is 5.73 Å². The zero-order valence-electron chi connectivity index (χ0n) is 21.4. The first-order valence-corrected chi connectivity index (χ1v) is 13.5. The minimum absolute atomic E-state index is 0.0512. The first kappa shape index (κ1) is 27.4. The molecule has 0 saturated carbocycles. The van der Waals surface area contributed by atoms with E-state index in [1.54, 1.807) is 47.8 Å². The number of nitrogens with two attached hydrogens (primary N) is 1. The van der Waals surface area contributed by atoms with Crippen LogP contribution in [0.3, 0.4) is 0 Å². The summed E-state index contributed by atoms with van der Waals surface area (Å²) in [5, 5.41) is 14.7. The fourth-order valence-corrected chi connectivity index (χ4v) is 5.59. The van der Waals surface area contributed by atoms with Crippen LogP contribution in [0.15, 0.2) is 60.0 Å². The molecule has 5 N–H and O–H groups in total. The lowest BCUT2D eigenvalue weighted by Gasteiger charge is -2.24. The highest BCUT2D eigenvalue weighted by Crippen LogP contribution is 2.35. The summed E-state index contributed by atoms with van der Waals surface area (Å²) in [4.78, 5) is 41.3. The van der Waals surface area contributed by atoms with Gasteiger partial charge in [0.15, 0.2) is 5.79 Å². The van der Waals surface area contributed by atoms with Gasteiger partial charge >= 0.3 is 0 Å². The van der Waals surface area contributed by atoms with Crippen molar-refractivity contribution in [2.75, 3.05) is 26.3 Å². The number of nitrogens with one attached hydrogen (secondary N) is 3. The number of nitrogens with zero attached hydrogens (tertiary/aromatic N) is 1. The molecule has 2 saturated heterocycles. The van der Waals surface area contributed by atoms with Crippen LogP contribution in [0.25, 0.3) is 11.1 Å². The number of amidine groups is 1. The highest BCUT2D eigenvalue weighted by Gasteiger charge is 2.52. The first-order chi connectivity index (χ1) is 19.2. The number of halogens is 1.